The number of carbonyl (C=O) groups excluding carboxylic acids is 1. The number of amides is 1. The van der Waals surface area contributed by atoms with Crippen molar-refractivity contribution in [3.63, 3.8) is 0 Å². The van der Waals surface area contributed by atoms with Gasteiger partial charge in [0.2, 0.25) is 11.9 Å². The fourth-order valence-corrected chi connectivity index (χ4v) is 3.40. The minimum Gasteiger partial charge on any atom is -0.340 e. The van der Waals surface area contributed by atoms with E-state index >= 15 is 0 Å². The van der Waals surface area contributed by atoms with Gasteiger partial charge in [0.1, 0.15) is 5.82 Å². The summed E-state index contributed by atoms with van der Waals surface area (Å²) in [5.41, 5.74) is 5.25. The van der Waals surface area contributed by atoms with Crippen LogP contribution in [-0.4, -0.2) is 15.9 Å². The maximum absolute atomic E-state index is 12.2. The lowest BCUT2D eigenvalue weighted by atomic mass is 10.2. The largest absolute Gasteiger partial charge is 0.340 e. The van der Waals surface area contributed by atoms with Gasteiger partial charge in [-0.1, -0.05) is 47.5 Å². The second kappa shape index (κ2) is 10.6. The number of halogens is 1. The van der Waals surface area contributed by atoms with Crippen molar-refractivity contribution in [3.05, 3.63) is 107 Å². The van der Waals surface area contributed by atoms with Crippen LogP contribution >= 0.6 is 11.6 Å². The Labute approximate surface area is 203 Å². The van der Waals surface area contributed by atoms with Crippen molar-refractivity contribution in [2.24, 2.45) is 0 Å². The standard InChI is InChI=1S/C27H24ClN5O/c1-18-7-10-23(11-8-18)32-27-29-19(2)17-25(33-27)30-21-12-14-22(15-13-21)31-26(34)16-9-20-5-3-4-6-24(20)28/h3-17H,1-2H3,(H,31,34)(H2,29,30,32,33)/b16-9+. The minimum atomic E-state index is -0.237. The summed E-state index contributed by atoms with van der Waals surface area (Å²) in [4.78, 5) is 21.3. The number of nitrogens with one attached hydrogen (secondary N) is 3. The SMILES string of the molecule is Cc1ccc(Nc2nc(C)cc(Nc3ccc(NC(=O)/C=C/c4ccccc4Cl)cc3)n2)cc1. The maximum Gasteiger partial charge on any atom is 0.248 e. The number of rotatable bonds is 7. The van der Waals surface area contributed by atoms with Crippen LogP contribution < -0.4 is 16.0 Å². The first-order valence-electron chi connectivity index (χ1n) is 10.7. The molecule has 0 fully saturated rings. The average Bonchev–Trinajstić information content (AvgIpc) is 2.81. The fraction of sp³-hybridized carbons (Fsp3) is 0.0741. The quantitative estimate of drug-likeness (QED) is 0.257. The number of aryl methyl sites for hydroxylation is 2. The van der Waals surface area contributed by atoms with Crippen LogP contribution in [0.3, 0.4) is 0 Å². The second-order valence-corrected chi connectivity index (χ2v) is 8.16. The second-order valence-electron chi connectivity index (χ2n) is 7.76. The molecule has 1 aromatic heterocycles. The molecular formula is C27H24ClN5O. The zero-order chi connectivity index (χ0) is 23.9. The molecule has 0 spiro atoms. The third-order valence-corrected chi connectivity index (χ3v) is 5.25. The van der Waals surface area contributed by atoms with Crippen molar-refractivity contribution in [3.8, 4) is 0 Å². The van der Waals surface area contributed by atoms with Crippen LogP contribution in [0.1, 0.15) is 16.8 Å². The van der Waals surface area contributed by atoms with E-state index in [1.54, 1.807) is 12.1 Å². The lowest BCUT2D eigenvalue weighted by molar-refractivity contribution is -0.111. The summed E-state index contributed by atoms with van der Waals surface area (Å²) in [6, 6.07) is 24.7. The Morgan fingerprint density at radius 2 is 1.47 bits per heavy atom. The molecule has 0 bridgehead atoms. The Morgan fingerprint density at radius 3 is 2.21 bits per heavy atom. The summed E-state index contributed by atoms with van der Waals surface area (Å²) in [5, 5.41) is 9.95. The van der Waals surface area contributed by atoms with E-state index in [0.717, 1.165) is 22.6 Å². The molecule has 0 saturated carbocycles. The van der Waals surface area contributed by atoms with Crippen LogP contribution in [-0.2, 0) is 4.79 Å². The van der Waals surface area contributed by atoms with E-state index in [1.807, 2.05) is 86.6 Å². The molecule has 3 aromatic carbocycles. The summed E-state index contributed by atoms with van der Waals surface area (Å²) >= 11 is 6.11. The molecule has 1 amide bonds. The topological polar surface area (TPSA) is 78.9 Å². The number of carbonyl (C=O) groups is 1. The van der Waals surface area contributed by atoms with E-state index < -0.39 is 0 Å². The normalized spacial score (nSPS) is 10.8. The first kappa shape index (κ1) is 23.0. The third-order valence-electron chi connectivity index (χ3n) is 4.91. The van der Waals surface area contributed by atoms with Crippen molar-refractivity contribution in [1.29, 1.82) is 0 Å². The predicted molar refractivity (Wildman–Crippen MR) is 140 cm³/mol. The molecule has 0 aliphatic rings. The Morgan fingerprint density at radius 1 is 0.824 bits per heavy atom. The monoisotopic (exact) mass is 469 g/mol. The highest BCUT2D eigenvalue weighted by Crippen LogP contribution is 2.21. The van der Waals surface area contributed by atoms with E-state index in [2.05, 4.69) is 25.9 Å². The molecule has 4 aromatic rings. The van der Waals surface area contributed by atoms with Crippen molar-refractivity contribution < 1.29 is 4.79 Å². The van der Waals surface area contributed by atoms with Gasteiger partial charge in [0, 0.05) is 39.9 Å². The van der Waals surface area contributed by atoms with Crippen LogP contribution in [0, 0.1) is 13.8 Å². The van der Waals surface area contributed by atoms with Gasteiger partial charge in [0.25, 0.3) is 0 Å². The summed E-state index contributed by atoms with van der Waals surface area (Å²) in [6.45, 7) is 3.96. The maximum atomic E-state index is 12.2. The molecule has 34 heavy (non-hydrogen) atoms. The number of aromatic nitrogens is 2. The third kappa shape index (κ3) is 6.43. The molecule has 0 aliphatic heterocycles. The van der Waals surface area contributed by atoms with Gasteiger partial charge < -0.3 is 16.0 Å². The van der Waals surface area contributed by atoms with Crippen molar-refractivity contribution >= 4 is 52.4 Å². The lowest BCUT2D eigenvalue weighted by Gasteiger charge is -2.11. The molecule has 0 radical (unpaired) electrons. The van der Waals surface area contributed by atoms with Crippen LogP contribution in [0.4, 0.5) is 28.8 Å². The Hall–Kier alpha value is -4.16. The number of benzene rings is 3. The molecule has 7 heteroatoms. The first-order valence-corrected chi connectivity index (χ1v) is 11.1. The van der Waals surface area contributed by atoms with Crippen LogP contribution in [0.5, 0.6) is 0 Å². The molecule has 1 heterocycles. The Bertz CT molecular complexity index is 1320. The minimum absolute atomic E-state index is 0.237. The summed E-state index contributed by atoms with van der Waals surface area (Å²) in [7, 11) is 0. The zero-order valence-electron chi connectivity index (χ0n) is 18.8. The molecule has 3 N–H and O–H groups in total. The van der Waals surface area contributed by atoms with E-state index in [-0.39, 0.29) is 5.91 Å². The molecule has 0 unspecified atom stereocenters. The molecule has 0 atom stereocenters. The number of anilines is 5. The number of nitrogens with zero attached hydrogens (tertiary/aromatic N) is 2. The molecule has 0 saturated heterocycles. The highest BCUT2D eigenvalue weighted by molar-refractivity contribution is 6.32. The van der Waals surface area contributed by atoms with Gasteiger partial charge in [-0.25, -0.2) is 4.98 Å². The number of hydrogen-bond donors (Lipinski definition) is 3. The van der Waals surface area contributed by atoms with Gasteiger partial charge >= 0.3 is 0 Å². The van der Waals surface area contributed by atoms with Gasteiger partial charge in [0.15, 0.2) is 0 Å². The predicted octanol–water partition coefficient (Wildman–Crippen LogP) is 6.89. The van der Waals surface area contributed by atoms with E-state index in [0.29, 0.717) is 22.5 Å². The van der Waals surface area contributed by atoms with Gasteiger partial charge in [0.05, 0.1) is 0 Å². The van der Waals surface area contributed by atoms with Crippen molar-refractivity contribution in [2.45, 2.75) is 13.8 Å². The molecule has 0 aliphatic carbocycles. The molecule has 170 valence electrons. The van der Waals surface area contributed by atoms with Crippen molar-refractivity contribution in [2.75, 3.05) is 16.0 Å². The van der Waals surface area contributed by atoms with Gasteiger partial charge in [-0.05, 0) is 68.0 Å². The Kier molecular flexibility index (Phi) is 7.20. The summed E-state index contributed by atoms with van der Waals surface area (Å²) in [6.07, 6.45) is 3.15. The lowest BCUT2D eigenvalue weighted by Crippen LogP contribution is -2.07. The van der Waals surface area contributed by atoms with Crippen LogP contribution in [0.2, 0.25) is 5.02 Å². The van der Waals surface area contributed by atoms with Gasteiger partial charge in [-0.15, -0.1) is 0 Å². The zero-order valence-corrected chi connectivity index (χ0v) is 19.6. The van der Waals surface area contributed by atoms with E-state index in [4.69, 9.17) is 11.6 Å². The van der Waals surface area contributed by atoms with E-state index in [1.165, 1.54) is 11.6 Å². The molecule has 6 nitrogen and oxygen atoms in total. The van der Waals surface area contributed by atoms with Gasteiger partial charge in [-0.3, -0.25) is 4.79 Å². The highest BCUT2D eigenvalue weighted by Gasteiger charge is 2.05. The van der Waals surface area contributed by atoms with Crippen LogP contribution in [0.15, 0.2) is 84.9 Å². The smallest absolute Gasteiger partial charge is 0.248 e. The van der Waals surface area contributed by atoms with E-state index in [9.17, 15) is 4.79 Å². The number of hydrogen-bond acceptors (Lipinski definition) is 5. The van der Waals surface area contributed by atoms with Gasteiger partial charge in [-0.2, -0.15) is 4.98 Å². The summed E-state index contributed by atoms with van der Waals surface area (Å²) in [5.74, 6) is 0.945. The fourth-order valence-electron chi connectivity index (χ4n) is 3.20. The first-order chi connectivity index (χ1) is 16.4. The highest BCUT2D eigenvalue weighted by atomic mass is 35.5. The summed E-state index contributed by atoms with van der Waals surface area (Å²) < 4.78 is 0. The average molecular weight is 470 g/mol. The molecular weight excluding hydrogens is 446 g/mol. The van der Waals surface area contributed by atoms with Crippen molar-refractivity contribution in [1.82, 2.24) is 9.97 Å². The Balaban J connectivity index is 1.38. The molecule has 4 rings (SSSR count). The van der Waals surface area contributed by atoms with Crippen LogP contribution in [0.25, 0.3) is 6.08 Å².